The first-order valence-corrected chi connectivity index (χ1v) is 32.6. The van der Waals surface area contributed by atoms with Crippen LogP contribution in [0.2, 0.25) is 0 Å². The van der Waals surface area contributed by atoms with Gasteiger partial charge in [0.2, 0.25) is 70.9 Å². The summed E-state index contributed by atoms with van der Waals surface area (Å²) in [7, 11) is 1.22. The van der Waals surface area contributed by atoms with E-state index in [1.54, 1.807) is 41.5 Å². The number of rotatable bonds is 51. The normalized spacial score (nSPS) is 14.4. The van der Waals surface area contributed by atoms with E-state index in [4.69, 9.17) is 5.73 Å². The van der Waals surface area contributed by atoms with Gasteiger partial charge in [-0.15, -0.1) is 6.58 Å². The Bertz CT molecular complexity index is 2450. The number of nitrogens with zero attached hydrogens (tertiary/aromatic N) is 1. The van der Waals surface area contributed by atoms with Crippen LogP contribution in [0.15, 0.2) is 12.7 Å². The summed E-state index contributed by atoms with van der Waals surface area (Å²) in [4.78, 5) is 188. The van der Waals surface area contributed by atoms with Crippen molar-refractivity contribution in [2.45, 2.75) is 258 Å². The molecule has 0 aliphatic rings. The highest BCUT2D eigenvalue weighted by Gasteiger charge is 2.38. The van der Waals surface area contributed by atoms with Crippen LogP contribution in [0.3, 0.4) is 0 Å². The molecule has 0 radical (unpaired) electrons. The lowest BCUT2D eigenvalue weighted by Crippen LogP contribution is -2.61. The molecule has 6 unspecified atom stereocenters. The van der Waals surface area contributed by atoms with Gasteiger partial charge in [0.15, 0.2) is 0 Å². The van der Waals surface area contributed by atoms with E-state index < -0.39 is 176 Å². The van der Waals surface area contributed by atoms with Crippen molar-refractivity contribution >= 4 is 82.8 Å². The average molecular weight is 1320 g/mol. The van der Waals surface area contributed by atoms with Crippen LogP contribution in [0.25, 0.3) is 0 Å². The van der Waals surface area contributed by atoms with E-state index in [0.29, 0.717) is 19.3 Å². The number of carboxylic acid groups (broad SMARTS) is 2. The molecule has 12 amide bonds. The van der Waals surface area contributed by atoms with E-state index in [2.05, 4.69) is 66.7 Å². The number of aliphatic carboxylic acids is 2. The molecule has 93 heavy (non-hydrogen) atoms. The maximum Gasteiger partial charge on any atom is 0.305 e. The fourth-order valence-corrected chi connectivity index (χ4v) is 9.88. The van der Waals surface area contributed by atoms with Crippen LogP contribution in [0, 0.1) is 17.8 Å². The van der Waals surface area contributed by atoms with Crippen molar-refractivity contribution in [3.63, 3.8) is 0 Å². The number of aliphatic hydroxyl groups is 2. The summed E-state index contributed by atoms with van der Waals surface area (Å²) in [6.45, 7) is 16.8. The molecule has 530 valence electrons. The van der Waals surface area contributed by atoms with Crippen molar-refractivity contribution in [3.05, 3.63) is 12.7 Å². The van der Waals surface area contributed by atoms with Crippen LogP contribution in [0.5, 0.6) is 0 Å². The number of nitrogens with two attached hydrogens (primary N) is 1. The van der Waals surface area contributed by atoms with E-state index in [1.165, 1.54) is 20.0 Å². The molecule has 0 spiro atoms. The maximum absolute atomic E-state index is 14.5. The Hall–Kier alpha value is -7.76. The van der Waals surface area contributed by atoms with Crippen molar-refractivity contribution in [1.82, 2.24) is 58.1 Å². The zero-order valence-electron chi connectivity index (χ0n) is 56.3. The molecule has 10 atom stereocenters. The molecular weight excluding hydrogens is 1210 g/mol. The van der Waals surface area contributed by atoms with Gasteiger partial charge >= 0.3 is 11.9 Å². The highest BCUT2D eigenvalue weighted by Crippen LogP contribution is 2.17. The van der Waals surface area contributed by atoms with Gasteiger partial charge in [-0.05, 0) is 62.7 Å². The SMILES string of the molecule is C=CCCC(NC(=O)[C@@H](CO)NC(=O)C(CC(C)C)NC(=O)[C@@H](CO)NC(=O)C(CCCCCCCC)NC(C)=O)C(=O)N(C)[C@H](CC(C)C)C(=O)NC(CC(=O)O)C(=O)N[C@H](CCCCCCCC)C(=O)NC(CC(=O)O)C(=O)NCC(=O)NC(CC(C)C)C(N)=O. The zero-order valence-corrected chi connectivity index (χ0v) is 56.3. The Balaban J connectivity index is 6.81. The summed E-state index contributed by atoms with van der Waals surface area (Å²) in [5.41, 5.74) is 5.41. The predicted octanol–water partition coefficient (Wildman–Crippen LogP) is 0.338. The highest BCUT2D eigenvalue weighted by molar-refractivity contribution is 6.00. The molecule has 0 aromatic heterocycles. The van der Waals surface area contributed by atoms with E-state index in [1.807, 2.05) is 6.92 Å². The summed E-state index contributed by atoms with van der Waals surface area (Å²) in [5, 5.41) is 64.6. The van der Waals surface area contributed by atoms with E-state index in [0.717, 1.165) is 62.7 Å². The lowest BCUT2D eigenvalue weighted by Gasteiger charge is -2.33. The number of likely N-dealkylation sites (N-methyl/N-ethyl adjacent to an activating group) is 1. The number of carboxylic acids is 2. The van der Waals surface area contributed by atoms with E-state index in [-0.39, 0.29) is 62.7 Å². The lowest BCUT2D eigenvalue weighted by atomic mass is 9.99. The van der Waals surface area contributed by atoms with E-state index in [9.17, 15) is 87.5 Å². The van der Waals surface area contributed by atoms with Crippen LogP contribution in [0.1, 0.15) is 197 Å². The van der Waals surface area contributed by atoms with Gasteiger partial charge in [-0.2, -0.15) is 0 Å². The number of carbonyl (C=O) groups excluding carboxylic acids is 12. The van der Waals surface area contributed by atoms with Gasteiger partial charge in [-0.3, -0.25) is 67.1 Å². The molecule has 0 rings (SSSR count). The Morgan fingerprint density at radius 1 is 0.441 bits per heavy atom. The molecule has 30 nitrogen and oxygen atoms in total. The minimum absolute atomic E-state index is 0.0360. The number of carbonyl (C=O) groups is 14. The first-order valence-electron chi connectivity index (χ1n) is 32.6. The minimum Gasteiger partial charge on any atom is -0.481 e. The monoisotopic (exact) mass is 1320 g/mol. The number of aliphatic hydroxyl groups excluding tert-OH is 2. The summed E-state index contributed by atoms with van der Waals surface area (Å²) in [5.74, 6) is -15.0. The standard InChI is InChI=1S/C63H110N12O18/c1-12-15-18-20-22-24-27-41(66-40(10)78)56(86)73-49(36-77)61(91)70-45(30-38(6)7)58(88)74-48(35-76)60(90)69-43(26-17-14-3)63(93)75(11)50(31-39(8)9)62(92)72-47(33-53(82)83)59(89)68-42(28-25-23-21-19-16-13-2)57(87)71-46(32-52(80)81)55(85)65-34-51(79)67-44(54(64)84)29-37(4)5/h14,37-39,41-50,76-77H,3,12-13,15-36H2,1-2,4-11H3,(H2,64,84)(H,65,85)(H,66,78)(H,67,79)(H,68,89)(H,69,90)(H,70,91)(H,71,87)(H,72,92)(H,73,86)(H,74,88)(H,80,81)(H,82,83)/t41?,42-,43?,44?,45?,46?,47?,48-,49-,50-/m1/s1. The number of hydrogen-bond acceptors (Lipinski definition) is 16. The molecule has 0 aliphatic heterocycles. The molecule has 0 heterocycles. The van der Waals surface area contributed by atoms with Gasteiger partial charge in [-0.25, -0.2) is 0 Å². The van der Waals surface area contributed by atoms with Crippen molar-refractivity contribution in [3.8, 4) is 0 Å². The first-order chi connectivity index (χ1) is 43.8. The molecule has 0 saturated carbocycles. The molecule has 30 heteroatoms. The molecule has 0 fully saturated rings. The van der Waals surface area contributed by atoms with Gasteiger partial charge < -0.3 is 84.2 Å². The second kappa shape index (κ2) is 47.2. The topological polar surface area (TPSA) is 469 Å². The fourth-order valence-electron chi connectivity index (χ4n) is 9.88. The second-order valence-electron chi connectivity index (χ2n) is 24.8. The predicted molar refractivity (Wildman–Crippen MR) is 344 cm³/mol. The zero-order chi connectivity index (χ0) is 70.9. The third-order valence-electron chi connectivity index (χ3n) is 14.9. The lowest BCUT2D eigenvalue weighted by molar-refractivity contribution is -0.145. The van der Waals surface area contributed by atoms with Crippen LogP contribution in [-0.4, -0.2) is 195 Å². The van der Waals surface area contributed by atoms with Crippen LogP contribution in [0.4, 0.5) is 0 Å². The number of hydrogen-bond donors (Lipinski definition) is 15. The summed E-state index contributed by atoms with van der Waals surface area (Å²) in [6, 6.07) is -15.1. The van der Waals surface area contributed by atoms with Gasteiger partial charge in [0.25, 0.3) is 0 Å². The number of primary amides is 1. The van der Waals surface area contributed by atoms with Crippen molar-refractivity contribution in [1.29, 1.82) is 0 Å². The summed E-state index contributed by atoms with van der Waals surface area (Å²) >= 11 is 0. The quantitative estimate of drug-likeness (QED) is 0.0288. The molecule has 0 aliphatic carbocycles. The number of allylic oxidation sites excluding steroid dienone is 1. The average Bonchev–Trinajstić information content (AvgIpc) is 0.909. The van der Waals surface area contributed by atoms with Crippen molar-refractivity contribution in [2.24, 2.45) is 23.5 Å². The largest absolute Gasteiger partial charge is 0.481 e. The van der Waals surface area contributed by atoms with Gasteiger partial charge in [0, 0.05) is 14.0 Å². The smallest absolute Gasteiger partial charge is 0.305 e. The van der Waals surface area contributed by atoms with Gasteiger partial charge in [0.1, 0.15) is 60.4 Å². The van der Waals surface area contributed by atoms with Crippen LogP contribution >= 0.6 is 0 Å². The Kier molecular flexibility index (Phi) is 43.2. The van der Waals surface area contributed by atoms with Crippen molar-refractivity contribution in [2.75, 3.05) is 26.8 Å². The highest BCUT2D eigenvalue weighted by atomic mass is 16.4. The van der Waals surface area contributed by atoms with Gasteiger partial charge in [0.05, 0.1) is 32.6 Å². The Labute approximate surface area is 547 Å². The molecule has 16 N–H and O–H groups in total. The summed E-state index contributed by atoms with van der Waals surface area (Å²) < 4.78 is 0. The molecule has 0 bridgehead atoms. The summed E-state index contributed by atoms with van der Waals surface area (Å²) in [6.07, 6.45) is 9.26. The number of unbranched alkanes of at least 4 members (excludes halogenated alkanes) is 10. The second-order valence-corrected chi connectivity index (χ2v) is 24.8. The van der Waals surface area contributed by atoms with E-state index >= 15 is 0 Å². The van der Waals surface area contributed by atoms with Crippen molar-refractivity contribution < 1.29 is 87.5 Å². The third kappa shape index (κ3) is 36.3. The van der Waals surface area contributed by atoms with Gasteiger partial charge in [-0.1, -0.05) is 139 Å². The molecule has 0 saturated heterocycles. The number of amides is 12. The molecular formula is C63H110N12O18. The maximum atomic E-state index is 14.5. The van der Waals surface area contributed by atoms with Crippen LogP contribution in [-0.2, 0) is 67.1 Å². The molecule has 0 aromatic rings. The van der Waals surface area contributed by atoms with Crippen LogP contribution < -0.4 is 58.9 Å². The minimum atomic E-state index is -1.92. The number of nitrogens with one attached hydrogen (secondary N) is 10. The third-order valence-corrected chi connectivity index (χ3v) is 14.9. The Morgan fingerprint density at radius 2 is 0.806 bits per heavy atom. The first kappa shape index (κ1) is 85.2. The molecule has 0 aromatic carbocycles. The fraction of sp³-hybridized carbons (Fsp3) is 0.746. The Morgan fingerprint density at radius 3 is 1.24 bits per heavy atom.